The van der Waals surface area contributed by atoms with Gasteiger partial charge in [0.1, 0.15) is 0 Å². The van der Waals surface area contributed by atoms with Crippen LogP contribution in [0.15, 0.2) is 0 Å². The predicted octanol–water partition coefficient (Wildman–Crippen LogP) is 0.620. The second-order valence-electron chi connectivity index (χ2n) is 6.65. The van der Waals surface area contributed by atoms with E-state index in [-0.39, 0.29) is 17.7 Å². The number of rotatable bonds is 2. The Morgan fingerprint density at radius 3 is 2.75 bits per heavy atom. The highest BCUT2D eigenvalue weighted by Crippen LogP contribution is 2.38. The Labute approximate surface area is 121 Å². The second kappa shape index (κ2) is 6.28. The number of ether oxygens (including phenoxy) is 3. The van der Waals surface area contributed by atoms with Gasteiger partial charge in [0, 0.05) is 39.0 Å². The molecule has 0 radical (unpaired) electrons. The largest absolute Gasteiger partial charge is 0.381 e. The minimum Gasteiger partial charge on any atom is -0.381 e. The van der Waals surface area contributed by atoms with Gasteiger partial charge in [0.25, 0.3) is 0 Å². The summed E-state index contributed by atoms with van der Waals surface area (Å²) in [6.07, 6.45) is 4.34. The maximum absolute atomic E-state index is 6.54. The average Bonchev–Trinajstić information content (AvgIpc) is 2.47. The number of morpholine rings is 1. The van der Waals surface area contributed by atoms with E-state index in [4.69, 9.17) is 19.9 Å². The molecule has 3 unspecified atom stereocenters. The highest BCUT2D eigenvalue weighted by Gasteiger charge is 2.42. The van der Waals surface area contributed by atoms with Crippen LogP contribution in [0.1, 0.15) is 25.7 Å². The van der Waals surface area contributed by atoms with Crippen molar-refractivity contribution in [2.24, 2.45) is 11.7 Å². The van der Waals surface area contributed by atoms with Crippen molar-refractivity contribution >= 4 is 0 Å². The Balaban J connectivity index is 1.60. The number of hydrogen-bond donors (Lipinski definition) is 1. The van der Waals surface area contributed by atoms with Crippen molar-refractivity contribution < 1.29 is 14.2 Å². The van der Waals surface area contributed by atoms with Crippen LogP contribution < -0.4 is 5.73 Å². The molecule has 1 spiro atoms. The van der Waals surface area contributed by atoms with Gasteiger partial charge in [0.05, 0.1) is 18.3 Å². The predicted molar refractivity (Wildman–Crippen MR) is 76.7 cm³/mol. The Bertz CT molecular complexity index is 315. The number of hydrogen-bond acceptors (Lipinski definition) is 5. The molecule has 0 aromatic carbocycles. The molecule has 3 heterocycles. The van der Waals surface area contributed by atoms with Crippen molar-refractivity contribution in [3.05, 3.63) is 0 Å². The topological polar surface area (TPSA) is 57.0 Å². The van der Waals surface area contributed by atoms with Gasteiger partial charge in [0.15, 0.2) is 0 Å². The van der Waals surface area contributed by atoms with Crippen LogP contribution in [0, 0.1) is 5.92 Å². The van der Waals surface area contributed by atoms with Gasteiger partial charge in [-0.1, -0.05) is 0 Å². The van der Waals surface area contributed by atoms with E-state index < -0.39 is 0 Å². The van der Waals surface area contributed by atoms with E-state index in [9.17, 15) is 0 Å². The Morgan fingerprint density at radius 2 is 2.00 bits per heavy atom. The van der Waals surface area contributed by atoms with Crippen LogP contribution in [-0.2, 0) is 14.2 Å². The molecule has 2 N–H and O–H groups in total. The van der Waals surface area contributed by atoms with Gasteiger partial charge in [-0.15, -0.1) is 0 Å². The average molecular weight is 284 g/mol. The second-order valence-corrected chi connectivity index (χ2v) is 6.65. The normalized spacial score (nSPS) is 36.9. The Morgan fingerprint density at radius 1 is 1.20 bits per heavy atom. The summed E-state index contributed by atoms with van der Waals surface area (Å²) < 4.78 is 17.5. The summed E-state index contributed by atoms with van der Waals surface area (Å²) in [7, 11) is 2.15. The maximum atomic E-state index is 6.54. The van der Waals surface area contributed by atoms with Crippen LogP contribution in [0.25, 0.3) is 0 Å². The van der Waals surface area contributed by atoms with Gasteiger partial charge in [-0.05, 0) is 38.6 Å². The molecule has 0 bridgehead atoms. The fraction of sp³-hybridized carbons (Fsp3) is 1.00. The standard InChI is InChI=1S/C15H28N2O3/c1-17-5-9-19-13(11-17)14(16)12-2-6-20-15(10-12)3-7-18-8-4-15/h12-14H,2-11,16H2,1H3. The fourth-order valence-corrected chi connectivity index (χ4v) is 3.83. The molecule has 3 rings (SSSR count). The maximum Gasteiger partial charge on any atom is 0.0855 e. The summed E-state index contributed by atoms with van der Waals surface area (Å²) in [5.41, 5.74) is 6.56. The number of nitrogens with two attached hydrogens (primary N) is 1. The highest BCUT2D eigenvalue weighted by atomic mass is 16.5. The quantitative estimate of drug-likeness (QED) is 0.805. The van der Waals surface area contributed by atoms with E-state index in [1.807, 2.05) is 0 Å². The van der Waals surface area contributed by atoms with Crippen molar-refractivity contribution in [3.63, 3.8) is 0 Å². The molecular formula is C15H28N2O3. The van der Waals surface area contributed by atoms with Gasteiger partial charge in [-0.3, -0.25) is 0 Å². The van der Waals surface area contributed by atoms with E-state index in [2.05, 4.69) is 11.9 Å². The lowest BCUT2D eigenvalue weighted by atomic mass is 9.76. The van der Waals surface area contributed by atoms with Gasteiger partial charge < -0.3 is 24.8 Å². The van der Waals surface area contributed by atoms with Crippen LogP contribution >= 0.6 is 0 Å². The summed E-state index contributed by atoms with van der Waals surface area (Å²) in [6.45, 7) is 5.25. The first-order chi connectivity index (χ1) is 9.69. The van der Waals surface area contributed by atoms with Gasteiger partial charge in [-0.25, -0.2) is 0 Å². The Kier molecular flexibility index (Phi) is 4.62. The van der Waals surface area contributed by atoms with Crippen LogP contribution in [0.4, 0.5) is 0 Å². The number of nitrogens with zero attached hydrogens (tertiary/aromatic N) is 1. The van der Waals surface area contributed by atoms with Gasteiger partial charge in [-0.2, -0.15) is 0 Å². The number of likely N-dealkylation sites (N-methyl/N-ethyl adjacent to an activating group) is 1. The minimum atomic E-state index is 0.0271. The lowest BCUT2D eigenvalue weighted by molar-refractivity contribution is -0.155. The fourth-order valence-electron chi connectivity index (χ4n) is 3.83. The molecule has 3 aliphatic rings. The third kappa shape index (κ3) is 3.17. The first-order valence-electron chi connectivity index (χ1n) is 7.96. The summed E-state index contributed by atoms with van der Waals surface area (Å²) in [5, 5.41) is 0. The summed E-state index contributed by atoms with van der Waals surface area (Å²) in [4.78, 5) is 2.32. The smallest absolute Gasteiger partial charge is 0.0855 e. The van der Waals surface area contributed by atoms with Crippen molar-refractivity contribution in [1.29, 1.82) is 0 Å². The van der Waals surface area contributed by atoms with Crippen LogP contribution in [0.3, 0.4) is 0 Å². The van der Waals surface area contributed by atoms with E-state index in [0.717, 1.165) is 65.2 Å². The molecule has 0 saturated carbocycles. The minimum absolute atomic E-state index is 0.0271. The zero-order chi connectivity index (χ0) is 14.0. The first-order valence-corrected chi connectivity index (χ1v) is 7.96. The molecular weight excluding hydrogens is 256 g/mol. The van der Waals surface area contributed by atoms with E-state index in [0.29, 0.717) is 5.92 Å². The first kappa shape index (κ1) is 14.7. The molecule has 0 aliphatic carbocycles. The third-order valence-corrected chi connectivity index (χ3v) is 5.21. The molecule has 0 amide bonds. The van der Waals surface area contributed by atoms with E-state index in [1.54, 1.807) is 0 Å². The lowest BCUT2D eigenvalue weighted by Gasteiger charge is -2.46. The zero-order valence-corrected chi connectivity index (χ0v) is 12.6. The molecule has 0 aromatic heterocycles. The third-order valence-electron chi connectivity index (χ3n) is 5.21. The molecule has 3 fully saturated rings. The van der Waals surface area contributed by atoms with Crippen LogP contribution in [0.5, 0.6) is 0 Å². The van der Waals surface area contributed by atoms with Crippen LogP contribution in [-0.4, -0.2) is 69.2 Å². The monoisotopic (exact) mass is 284 g/mol. The SMILES string of the molecule is CN1CCOC(C(N)C2CCOC3(CCOCC3)C2)C1. The van der Waals surface area contributed by atoms with E-state index >= 15 is 0 Å². The molecule has 0 aromatic rings. The molecule has 5 heteroatoms. The molecule has 5 nitrogen and oxygen atoms in total. The Hall–Kier alpha value is -0.200. The summed E-state index contributed by atoms with van der Waals surface area (Å²) in [6, 6.07) is 0.126. The lowest BCUT2D eigenvalue weighted by Crippen LogP contribution is -2.55. The van der Waals surface area contributed by atoms with Gasteiger partial charge in [0.2, 0.25) is 0 Å². The molecule has 3 saturated heterocycles. The molecule has 3 atom stereocenters. The van der Waals surface area contributed by atoms with Gasteiger partial charge >= 0.3 is 0 Å². The van der Waals surface area contributed by atoms with Crippen molar-refractivity contribution in [2.45, 2.75) is 43.4 Å². The van der Waals surface area contributed by atoms with Crippen molar-refractivity contribution in [1.82, 2.24) is 4.90 Å². The highest BCUT2D eigenvalue weighted by molar-refractivity contribution is 4.95. The molecule has 20 heavy (non-hydrogen) atoms. The molecule has 116 valence electrons. The van der Waals surface area contributed by atoms with E-state index in [1.165, 1.54) is 0 Å². The summed E-state index contributed by atoms with van der Waals surface area (Å²) >= 11 is 0. The van der Waals surface area contributed by atoms with Crippen molar-refractivity contribution in [3.8, 4) is 0 Å². The van der Waals surface area contributed by atoms with Crippen molar-refractivity contribution in [2.75, 3.05) is 46.6 Å². The van der Waals surface area contributed by atoms with Crippen LogP contribution in [0.2, 0.25) is 0 Å². The zero-order valence-electron chi connectivity index (χ0n) is 12.6. The summed E-state index contributed by atoms with van der Waals surface area (Å²) in [5.74, 6) is 0.512. The molecule has 3 aliphatic heterocycles.